The highest BCUT2D eigenvalue weighted by Gasteiger charge is 2.38. The van der Waals surface area contributed by atoms with E-state index in [0.717, 1.165) is 67.6 Å². The fraction of sp³-hybridized carbons (Fsp3) is 0.417. The monoisotopic (exact) mass is 392 g/mol. The molecular weight excluding hydrogens is 364 g/mol. The van der Waals surface area contributed by atoms with E-state index in [4.69, 9.17) is 4.74 Å². The average Bonchev–Trinajstić information content (AvgIpc) is 3.60. The molecule has 2 aromatic rings. The van der Waals surface area contributed by atoms with Gasteiger partial charge in [0.15, 0.2) is 0 Å². The van der Waals surface area contributed by atoms with Gasteiger partial charge >= 0.3 is 0 Å². The normalized spacial score (nSPS) is 17.1. The summed E-state index contributed by atoms with van der Waals surface area (Å²) in [5, 5.41) is 0. The summed E-state index contributed by atoms with van der Waals surface area (Å²) < 4.78 is 5.50. The molecule has 5 heteroatoms. The Morgan fingerprint density at radius 1 is 0.966 bits per heavy atom. The van der Waals surface area contributed by atoms with Gasteiger partial charge in [0.2, 0.25) is 6.41 Å². The molecule has 1 saturated carbocycles. The highest BCUT2D eigenvalue weighted by molar-refractivity contribution is 5.95. The van der Waals surface area contributed by atoms with Crippen LogP contribution >= 0.6 is 0 Å². The van der Waals surface area contributed by atoms with E-state index < -0.39 is 0 Å². The van der Waals surface area contributed by atoms with Gasteiger partial charge in [0.1, 0.15) is 5.75 Å². The SMILES string of the molecule is CCOc1ccc(-c2ccc(C(=O)N(C3CC3)C3CCN(C=O)CC3)cc2)cc1. The zero-order valence-corrected chi connectivity index (χ0v) is 16.9. The van der Waals surface area contributed by atoms with Gasteiger partial charge in [-0.25, -0.2) is 0 Å². The molecule has 0 N–H and O–H groups in total. The maximum atomic E-state index is 13.3. The summed E-state index contributed by atoms with van der Waals surface area (Å²) in [6.07, 6.45) is 4.82. The molecule has 1 saturated heterocycles. The van der Waals surface area contributed by atoms with Crippen LogP contribution in [0.3, 0.4) is 0 Å². The Labute approximate surface area is 172 Å². The van der Waals surface area contributed by atoms with Crippen LogP contribution in [0.15, 0.2) is 48.5 Å². The summed E-state index contributed by atoms with van der Waals surface area (Å²) in [7, 11) is 0. The molecule has 152 valence electrons. The Bertz CT molecular complexity index is 835. The van der Waals surface area contributed by atoms with Crippen LogP contribution in [0.2, 0.25) is 0 Å². The summed E-state index contributed by atoms with van der Waals surface area (Å²) >= 11 is 0. The Morgan fingerprint density at radius 3 is 2.03 bits per heavy atom. The minimum absolute atomic E-state index is 0.121. The minimum Gasteiger partial charge on any atom is -0.494 e. The van der Waals surface area contributed by atoms with Crippen LogP contribution in [-0.4, -0.2) is 53.9 Å². The third kappa shape index (κ3) is 4.44. The van der Waals surface area contributed by atoms with E-state index >= 15 is 0 Å². The van der Waals surface area contributed by atoms with Gasteiger partial charge in [0.25, 0.3) is 5.91 Å². The number of amides is 2. The van der Waals surface area contributed by atoms with Crippen LogP contribution in [0, 0.1) is 0 Å². The van der Waals surface area contributed by atoms with Crippen molar-refractivity contribution in [2.45, 2.75) is 44.7 Å². The van der Waals surface area contributed by atoms with Crippen LogP contribution in [-0.2, 0) is 4.79 Å². The first kappa shape index (κ1) is 19.5. The second-order valence-corrected chi connectivity index (χ2v) is 7.85. The molecular formula is C24H28N2O3. The Morgan fingerprint density at radius 2 is 1.52 bits per heavy atom. The quantitative estimate of drug-likeness (QED) is 0.670. The van der Waals surface area contributed by atoms with Gasteiger partial charge in [-0.2, -0.15) is 0 Å². The maximum absolute atomic E-state index is 13.3. The second kappa shape index (κ2) is 8.68. The molecule has 0 aromatic heterocycles. The molecule has 0 bridgehead atoms. The summed E-state index contributed by atoms with van der Waals surface area (Å²) in [6, 6.07) is 16.5. The lowest BCUT2D eigenvalue weighted by Gasteiger charge is -2.37. The predicted octanol–water partition coefficient (Wildman–Crippen LogP) is 3.98. The number of rotatable bonds is 7. The van der Waals surface area contributed by atoms with Gasteiger partial charge in [-0.05, 0) is 68.0 Å². The van der Waals surface area contributed by atoms with Gasteiger partial charge in [-0.1, -0.05) is 24.3 Å². The predicted molar refractivity (Wildman–Crippen MR) is 113 cm³/mol. The molecule has 0 unspecified atom stereocenters. The van der Waals surface area contributed by atoms with E-state index in [1.165, 1.54) is 0 Å². The van der Waals surface area contributed by atoms with Gasteiger partial charge < -0.3 is 14.5 Å². The van der Waals surface area contributed by atoms with Crippen molar-refractivity contribution in [3.63, 3.8) is 0 Å². The van der Waals surface area contributed by atoms with Crippen molar-refractivity contribution in [2.75, 3.05) is 19.7 Å². The zero-order valence-electron chi connectivity index (χ0n) is 16.9. The summed E-state index contributed by atoms with van der Waals surface area (Å²) in [4.78, 5) is 28.1. The van der Waals surface area contributed by atoms with Crippen molar-refractivity contribution in [2.24, 2.45) is 0 Å². The van der Waals surface area contributed by atoms with Crippen molar-refractivity contribution in [1.29, 1.82) is 0 Å². The third-order valence-electron chi connectivity index (χ3n) is 5.85. The van der Waals surface area contributed by atoms with Crippen molar-refractivity contribution in [1.82, 2.24) is 9.80 Å². The number of hydrogen-bond donors (Lipinski definition) is 0. The van der Waals surface area contributed by atoms with Gasteiger partial charge in [-0.3, -0.25) is 9.59 Å². The number of carbonyl (C=O) groups is 2. The fourth-order valence-corrected chi connectivity index (χ4v) is 4.12. The first-order valence-electron chi connectivity index (χ1n) is 10.5. The molecule has 0 atom stereocenters. The molecule has 0 radical (unpaired) electrons. The number of carbonyl (C=O) groups excluding carboxylic acids is 2. The van der Waals surface area contributed by atoms with Gasteiger partial charge in [0.05, 0.1) is 6.61 Å². The first-order chi connectivity index (χ1) is 14.2. The Kier molecular flexibility index (Phi) is 5.84. The fourth-order valence-electron chi connectivity index (χ4n) is 4.12. The van der Waals surface area contributed by atoms with Crippen LogP contribution in [0.5, 0.6) is 5.75 Å². The van der Waals surface area contributed by atoms with Crippen molar-refractivity contribution >= 4 is 12.3 Å². The van der Waals surface area contributed by atoms with Crippen LogP contribution in [0.1, 0.15) is 43.0 Å². The van der Waals surface area contributed by atoms with Crippen LogP contribution < -0.4 is 4.74 Å². The maximum Gasteiger partial charge on any atom is 0.254 e. The molecule has 1 aliphatic heterocycles. The number of hydrogen-bond acceptors (Lipinski definition) is 3. The van der Waals surface area contributed by atoms with Crippen molar-refractivity contribution in [3.05, 3.63) is 54.1 Å². The van der Waals surface area contributed by atoms with Crippen LogP contribution in [0.25, 0.3) is 11.1 Å². The Hall–Kier alpha value is -2.82. The molecule has 2 aromatic carbocycles. The third-order valence-corrected chi connectivity index (χ3v) is 5.85. The molecule has 1 aliphatic carbocycles. The van der Waals surface area contributed by atoms with Gasteiger partial charge in [-0.15, -0.1) is 0 Å². The molecule has 2 aliphatic rings. The highest BCUT2D eigenvalue weighted by atomic mass is 16.5. The molecule has 29 heavy (non-hydrogen) atoms. The summed E-state index contributed by atoms with van der Waals surface area (Å²) in [6.45, 7) is 4.10. The molecule has 5 nitrogen and oxygen atoms in total. The lowest BCUT2D eigenvalue weighted by Crippen LogP contribution is -2.48. The summed E-state index contributed by atoms with van der Waals surface area (Å²) in [5.41, 5.74) is 2.93. The standard InChI is InChI=1S/C24H28N2O3/c1-2-29-23-11-7-19(8-12-23)18-3-5-20(6-4-18)24(28)26(21-9-10-21)22-13-15-25(17-27)16-14-22/h3-8,11-12,17,21-22H,2,9-10,13-16H2,1H3. The number of likely N-dealkylation sites (tertiary alicyclic amines) is 1. The average molecular weight is 392 g/mol. The second-order valence-electron chi connectivity index (χ2n) is 7.85. The van der Waals surface area contributed by atoms with Crippen molar-refractivity contribution < 1.29 is 14.3 Å². The lowest BCUT2D eigenvalue weighted by molar-refractivity contribution is -0.119. The summed E-state index contributed by atoms with van der Waals surface area (Å²) in [5.74, 6) is 0.985. The smallest absolute Gasteiger partial charge is 0.254 e. The minimum atomic E-state index is 0.121. The van der Waals surface area contributed by atoms with E-state index in [0.29, 0.717) is 12.6 Å². The largest absolute Gasteiger partial charge is 0.494 e. The van der Waals surface area contributed by atoms with E-state index in [1.54, 1.807) is 4.90 Å². The zero-order chi connectivity index (χ0) is 20.2. The van der Waals surface area contributed by atoms with Crippen molar-refractivity contribution in [3.8, 4) is 16.9 Å². The molecule has 4 rings (SSSR count). The molecule has 1 heterocycles. The lowest BCUT2D eigenvalue weighted by atomic mass is 10.0. The molecule has 2 amide bonds. The number of benzene rings is 2. The first-order valence-corrected chi connectivity index (χ1v) is 10.5. The number of nitrogens with zero attached hydrogens (tertiary/aromatic N) is 2. The highest BCUT2D eigenvalue weighted by Crippen LogP contribution is 2.33. The molecule has 2 fully saturated rings. The van der Waals surface area contributed by atoms with E-state index in [9.17, 15) is 9.59 Å². The number of ether oxygens (including phenoxy) is 1. The number of piperidine rings is 1. The molecule has 0 spiro atoms. The van der Waals surface area contributed by atoms with E-state index in [1.807, 2.05) is 55.5 Å². The van der Waals surface area contributed by atoms with E-state index in [2.05, 4.69) is 4.90 Å². The van der Waals surface area contributed by atoms with Gasteiger partial charge in [0, 0.05) is 30.7 Å². The Balaban J connectivity index is 1.47. The topological polar surface area (TPSA) is 49.9 Å². The van der Waals surface area contributed by atoms with E-state index in [-0.39, 0.29) is 11.9 Å². The van der Waals surface area contributed by atoms with Crippen LogP contribution in [0.4, 0.5) is 0 Å².